The molecule has 0 amide bonds. The summed E-state index contributed by atoms with van der Waals surface area (Å²) in [6.45, 7) is 1.32. The molecule has 0 saturated carbocycles. The number of halogens is 3. The zero-order valence-electron chi connectivity index (χ0n) is 11.1. The lowest BCUT2D eigenvalue weighted by Gasteiger charge is -2.17. The third-order valence-corrected chi connectivity index (χ3v) is 2.94. The highest BCUT2D eigenvalue weighted by Crippen LogP contribution is 2.29. The second-order valence-electron chi connectivity index (χ2n) is 4.72. The van der Waals surface area contributed by atoms with Gasteiger partial charge in [0, 0.05) is 25.5 Å². The second kappa shape index (κ2) is 6.05. The molecule has 0 aliphatic carbocycles. The molecule has 2 rings (SSSR count). The third kappa shape index (κ3) is 4.06. The zero-order valence-corrected chi connectivity index (χ0v) is 11.1. The molecule has 2 aromatic rings. The van der Waals surface area contributed by atoms with E-state index in [0.29, 0.717) is 6.54 Å². The summed E-state index contributed by atoms with van der Waals surface area (Å²) in [7, 11) is 1.93. The van der Waals surface area contributed by atoms with Crippen molar-refractivity contribution in [1.29, 1.82) is 0 Å². The quantitative estimate of drug-likeness (QED) is 0.848. The van der Waals surface area contributed by atoms with Crippen molar-refractivity contribution in [2.24, 2.45) is 0 Å². The summed E-state index contributed by atoms with van der Waals surface area (Å²) >= 11 is 0. The Balaban J connectivity index is 1.96. The SMILES string of the molecule is CN(Cc1ccncc1)Cc1ccc(C(F)(F)F)cc1. The number of pyridine rings is 1. The molecule has 5 heteroatoms. The van der Waals surface area contributed by atoms with Gasteiger partial charge in [-0.2, -0.15) is 13.2 Å². The number of aromatic nitrogens is 1. The Bertz CT molecular complexity index is 535. The lowest BCUT2D eigenvalue weighted by atomic mass is 10.1. The smallest absolute Gasteiger partial charge is 0.298 e. The van der Waals surface area contributed by atoms with E-state index in [0.717, 1.165) is 29.8 Å². The summed E-state index contributed by atoms with van der Waals surface area (Å²) in [5, 5.41) is 0. The molecule has 0 saturated heterocycles. The Morgan fingerprint density at radius 1 is 0.900 bits per heavy atom. The van der Waals surface area contributed by atoms with Gasteiger partial charge in [-0.05, 0) is 42.4 Å². The van der Waals surface area contributed by atoms with Crippen molar-refractivity contribution in [3.05, 3.63) is 65.5 Å². The standard InChI is InChI=1S/C15H15F3N2/c1-20(11-13-6-8-19-9-7-13)10-12-2-4-14(5-3-12)15(16,17)18/h2-9H,10-11H2,1H3. The van der Waals surface area contributed by atoms with E-state index in [1.54, 1.807) is 12.4 Å². The van der Waals surface area contributed by atoms with Crippen molar-refractivity contribution < 1.29 is 13.2 Å². The van der Waals surface area contributed by atoms with E-state index in [-0.39, 0.29) is 0 Å². The molecular weight excluding hydrogens is 265 g/mol. The molecule has 106 valence electrons. The Labute approximate surface area is 115 Å². The summed E-state index contributed by atoms with van der Waals surface area (Å²) in [5.74, 6) is 0. The Morgan fingerprint density at radius 3 is 1.90 bits per heavy atom. The lowest BCUT2D eigenvalue weighted by Crippen LogP contribution is -2.17. The van der Waals surface area contributed by atoms with Gasteiger partial charge in [0.15, 0.2) is 0 Å². The average molecular weight is 280 g/mol. The van der Waals surface area contributed by atoms with Crippen LogP contribution in [0.15, 0.2) is 48.8 Å². The van der Waals surface area contributed by atoms with Gasteiger partial charge in [0.2, 0.25) is 0 Å². The lowest BCUT2D eigenvalue weighted by molar-refractivity contribution is -0.137. The highest BCUT2D eigenvalue weighted by molar-refractivity contribution is 5.24. The van der Waals surface area contributed by atoms with E-state index >= 15 is 0 Å². The fourth-order valence-corrected chi connectivity index (χ4v) is 1.97. The van der Waals surface area contributed by atoms with Gasteiger partial charge in [-0.1, -0.05) is 12.1 Å². The van der Waals surface area contributed by atoms with E-state index in [1.807, 2.05) is 24.1 Å². The maximum Gasteiger partial charge on any atom is 0.416 e. The van der Waals surface area contributed by atoms with Crippen molar-refractivity contribution >= 4 is 0 Å². The minimum Gasteiger partial charge on any atom is -0.298 e. The molecule has 1 aromatic heterocycles. The molecule has 0 spiro atoms. The topological polar surface area (TPSA) is 16.1 Å². The van der Waals surface area contributed by atoms with Crippen LogP contribution < -0.4 is 0 Å². The van der Waals surface area contributed by atoms with Crippen molar-refractivity contribution in [1.82, 2.24) is 9.88 Å². The number of alkyl halides is 3. The van der Waals surface area contributed by atoms with Crippen LogP contribution in [0.4, 0.5) is 13.2 Å². The van der Waals surface area contributed by atoms with Gasteiger partial charge in [-0.3, -0.25) is 9.88 Å². The molecule has 0 radical (unpaired) electrons. The fourth-order valence-electron chi connectivity index (χ4n) is 1.97. The van der Waals surface area contributed by atoms with E-state index in [9.17, 15) is 13.2 Å². The van der Waals surface area contributed by atoms with Crippen molar-refractivity contribution in [3.63, 3.8) is 0 Å². The zero-order chi connectivity index (χ0) is 14.6. The Hall–Kier alpha value is -1.88. The number of rotatable bonds is 4. The molecular formula is C15H15F3N2. The number of nitrogens with zero attached hydrogens (tertiary/aromatic N) is 2. The largest absolute Gasteiger partial charge is 0.416 e. The number of benzene rings is 1. The molecule has 0 aliphatic heterocycles. The molecule has 0 atom stereocenters. The molecule has 1 aromatic carbocycles. The molecule has 0 fully saturated rings. The van der Waals surface area contributed by atoms with Crippen LogP contribution in [0.5, 0.6) is 0 Å². The van der Waals surface area contributed by atoms with Crippen LogP contribution in [0.2, 0.25) is 0 Å². The van der Waals surface area contributed by atoms with Crippen molar-refractivity contribution in [2.45, 2.75) is 19.3 Å². The van der Waals surface area contributed by atoms with Gasteiger partial charge in [-0.25, -0.2) is 0 Å². The Kier molecular flexibility index (Phi) is 4.39. The van der Waals surface area contributed by atoms with Crippen LogP contribution in [0.1, 0.15) is 16.7 Å². The Morgan fingerprint density at radius 2 is 1.40 bits per heavy atom. The molecule has 0 bridgehead atoms. The summed E-state index contributed by atoms with van der Waals surface area (Å²) < 4.78 is 37.4. The minimum absolute atomic E-state index is 0.598. The van der Waals surface area contributed by atoms with Crippen molar-refractivity contribution in [2.75, 3.05) is 7.05 Å². The number of hydrogen-bond donors (Lipinski definition) is 0. The van der Waals surface area contributed by atoms with Crippen LogP contribution in [0.25, 0.3) is 0 Å². The molecule has 0 unspecified atom stereocenters. The van der Waals surface area contributed by atoms with Gasteiger partial charge in [0.25, 0.3) is 0 Å². The van der Waals surface area contributed by atoms with Crippen LogP contribution in [0.3, 0.4) is 0 Å². The predicted molar refractivity (Wildman–Crippen MR) is 70.9 cm³/mol. The van der Waals surface area contributed by atoms with Crippen LogP contribution in [0, 0.1) is 0 Å². The first-order valence-corrected chi connectivity index (χ1v) is 6.19. The van der Waals surface area contributed by atoms with Gasteiger partial charge in [0.05, 0.1) is 5.56 Å². The van der Waals surface area contributed by atoms with Crippen LogP contribution in [-0.2, 0) is 19.3 Å². The van der Waals surface area contributed by atoms with E-state index in [2.05, 4.69) is 4.98 Å². The van der Waals surface area contributed by atoms with E-state index < -0.39 is 11.7 Å². The first-order valence-electron chi connectivity index (χ1n) is 6.19. The summed E-state index contributed by atoms with van der Waals surface area (Å²) in [5.41, 5.74) is 1.36. The minimum atomic E-state index is -4.28. The highest BCUT2D eigenvalue weighted by Gasteiger charge is 2.29. The first kappa shape index (κ1) is 14.5. The first-order chi connectivity index (χ1) is 9.45. The van der Waals surface area contributed by atoms with Gasteiger partial charge in [0.1, 0.15) is 0 Å². The monoisotopic (exact) mass is 280 g/mol. The number of hydrogen-bond acceptors (Lipinski definition) is 2. The normalized spacial score (nSPS) is 11.8. The second-order valence-corrected chi connectivity index (χ2v) is 4.72. The average Bonchev–Trinajstić information content (AvgIpc) is 2.39. The predicted octanol–water partition coefficient (Wildman–Crippen LogP) is 3.73. The molecule has 20 heavy (non-hydrogen) atoms. The van der Waals surface area contributed by atoms with Crippen LogP contribution >= 0.6 is 0 Å². The third-order valence-electron chi connectivity index (χ3n) is 2.94. The maximum absolute atomic E-state index is 12.5. The molecule has 0 aliphatic rings. The van der Waals surface area contributed by atoms with Gasteiger partial charge >= 0.3 is 6.18 Å². The highest BCUT2D eigenvalue weighted by atomic mass is 19.4. The van der Waals surface area contributed by atoms with Crippen molar-refractivity contribution in [3.8, 4) is 0 Å². The molecule has 1 heterocycles. The molecule has 0 N–H and O–H groups in total. The van der Waals surface area contributed by atoms with E-state index in [1.165, 1.54) is 12.1 Å². The van der Waals surface area contributed by atoms with E-state index in [4.69, 9.17) is 0 Å². The summed E-state index contributed by atoms with van der Waals surface area (Å²) in [4.78, 5) is 5.98. The summed E-state index contributed by atoms with van der Waals surface area (Å²) in [6.07, 6.45) is -0.829. The van der Waals surface area contributed by atoms with Crippen LogP contribution in [-0.4, -0.2) is 16.9 Å². The molecule has 2 nitrogen and oxygen atoms in total. The maximum atomic E-state index is 12.5. The van der Waals surface area contributed by atoms with Gasteiger partial charge in [-0.15, -0.1) is 0 Å². The fraction of sp³-hybridized carbons (Fsp3) is 0.267. The van der Waals surface area contributed by atoms with Gasteiger partial charge < -0.3 is 0 Å². The summed E-state index contributed by atoms with van der Waals surface area (Å²) in [6, 6.07) is 9.12.